The summed E-state index contributed by atoms with van der Waals surface area (Å²) in [6.45, 7) is 9.71. The third-order valence-corrected chi connectivity index (χ3v) is 2.74. The fourth-order valence-corrected chi connectivity index (χ4v) is 1.78. The Kier molecular flexibility index (Phi) is 6.57. The Labute approximate surface area is 97.7 Å². The predicted molar refractivity (Wildman–Crippen MR) is 62.6 cm³/mol. The van der Waals surface area contributed by atoms with Crippen LogP contribution in [0, 0.1) is 5.92 Å². The van der Waals surface area contributed by atoms with Crippen LogP contribution in [0.1, 0.15) is 13.8 Å². The first-order chi connectivity index (χ1) is 7.22. The van der Waals surface area contributed by atoms with Crippen molar-refractivity contribution >= 4 is 11.6 Å². The third-order valence-electron chi connectivity index (χ3n) is 2.40. The Bertz CT molecular complexity index is 167. The number of hydrogen-bond acceptors (Lipinski definition) is 3. The molecule has 0 bridgehead atoms. The van der Waals surface area contributed by atoms with Gasteiger partial charge in [0.15, 0.2) is 0 Å². The Morgan fingerprint density at radius 3 is 3.00 bits per heavy atom. The van der Waals surface area contributed by atoms with Crippen LogP contribution in [0.15, 0.2) is 0 Å². The van der Waals surface area contributed by atoms with E-state index in [2.05, 4.69) is 18.7 Å². The lowest BCUT2D eigenvalue weighted by Crippen LogP contribution is -2.44. The summed E-state index contributed by atoms with van der Waals surface area (Å²) in [6.07, 6.45) is 0.200. The van der Waals surface area contributed by atoms with Crippen molar-refractivity contribution in [3.63, 3.8) is 0 Å². The summed E-state index contributed by atoms with van der Waals surface area (Å²) in [7, 11) is 0. The highest BCUT2D eigenvalue weighted by atomic mass is 35.5. The molecule has 0 aromatic rings. The van der Waals surface area contributed by atoms with Gasteiger partial charge in [0.25, 0.3) is 0 Å². The molecule has 4 heteroatoms. The van der Waals surface area contributed by atoms with Crippen molar-refractivity contribution in [3.8, 4) is 0 Å². The van der Waals surface area contributed by atoms with E-state index in [0.29, 0.717) is 11.8 Å². The average molecular weight is 236 g/mol. The van der Waals surface area contributed by atoms with Gasteiger partial charge in [-0.3, -0.25) is 4.90 Å². The molecule has 0 radical (unpaired) electrons. The molecule has 3 nitrogen and oxygen atoms in total. The number of halogens is 1. The minimum Gasteiger partial charge on any atom is -0.380 e. The zero-order valence-corrected chi connectivity index (χ0v) is 10.5. The average Bonchev–Trinajstić information content (AvgIpc) is 2.24. The van der Waals surface area contributed by atoms with E-state index in [-0.39, 0.29) is 6.10 Å². The lowest BCUT2D eigenvalue weighted by atomic mass is 10.2. The monoisotopic (exact) mass is 235 g/mol. The van der Waals surface area contributed by atoms with Crippen molar-refractivity contribution < 1.29 is 9.47 Å². The third kappa shape index (κ3) is 5.71. The molecule has 1 saturated heterocycles. The van der Waals surface area contributed by atoms with Crippen LogP contribution in [-0.4, -0.2) is 56.3 Å². The van der Waals surface area contributed by atoms with Crippen LogP contribution < -0.4 is 0 Å². The molecule has 0 saturated carbocycles. The van der Waals surface area contributed by atoms with Crippen molar-refractivity contribution in [1.29, 1.82) is 0 Å². The molecule has 0 N–H and O–H groups in total. The zero-order chi connectivity index (χ0) is 11.1. The first kappa shape index (κ1) is 13.2. The maximum atomic E-state index is 5.77. The number of ether oxygens (including phenoxy) is 2. The van der Waals surface area contributed by atoms with Gasteiger partial charge in [-0.25, -0.2) is 0 Å². The van der Waals surface area contributed by atoms with Crippen LogP contribution in [0.3, 0.4) is 0 Å². The van der Waals surface area contributed by atoms with Gasteiger partial charge in [0.05, 0.1) is 19.3 Å². The summed E-state index contributed by atoms with van der Waals surface area (Å²) < 4.78 is 11.0. The van der Waals surface area contributed by atoms with Crippen LogP contribution in [0.2, 0.25) is 0 Å². The molecule has 0 aromatic heterocycles. The predicted octanol–water partition coefficient (Wildman–Crippen LogP) is 1.60. The van der Waals surface area contributed by atoms with Gasteiger partial charge in [0, 0.05) is 32.1 Å². The lowest BCUT2D eigenvalue weighted by molar-refractivity contribution is -0.0265. The van der Waals surface area contributed by atoms with E-state index >= 15 is 0 Å². The molecule has 0 spiro atoms. The van der Waals surface area contributed by atoms with Crippen molar-refractivity contribution in [2.24, 2.45) is 5.92 Å². The number of nitrogens with zero attached hydrogens (tertiary/aromatic N) is 1. The molecule has 0 aliphatic carbocycles. The van der Waals surface area contributed by atoms with Gasteiger partial charge < -0.3 is 9.47 Å². The van der Waals surface area contributed by atoms with Crippen molar-refractivity contribution in [2.75, 3.05) is 45.3 Å². The zero-order valence-electron chi connectivity index (χ0n) is 9.75. The van der Waals surface area contributed by atoms with Gasteiger partial charge in [-0.05, 0) is 5.92 Å². The summed E-state index contributed by atoms with van der Waals surface area (Å²) in [5.74, 6) is 1.20. The summed E-state index contributed by atoms with van der Waals surface area (Å²) in [5, 5.41) is 0. The van der Waals surface area contributed by atoms with E-state index < -0.39 is 0 Å². The van der Waals surface area contributed by atoms with Gasteiger partial charge in [0.2, 0.25) is 0 Å². The van der Waals surface area contributed by atoms with Gasteiger partial charge in [-0.1, -0.05) is 13.8 Å². The molecule has 1 fully saturated rings. The summed E-state index contributed by atoms with van der Waals surface area (Å²) in [4.78, 5) is 2.36. The van der Waals surface area contributed by atoms with E-state index in [9.17, 15) is 0 Å². The van der Waals surface area contributed by atoms with E-state index in [1.165, 1.54) is 0 Å². The first-order valence-corrected chi connectivity index (χ1v) is 6.23. The quantitative estimate of drug-likeness (QED) is 0.516. The molecule has 1 atom stereocenters. The minimum atomic E-state index is 0.200. The topological polar surface area (TPSA) is 21.7 Å². The van der Waals surface area contributed by atoms with Crippen LogP contribution in [0.25, 0.3) is 0 Å². The number of hydrogen-bond donors (Lipinski definition) is 0. The van der Waals surface area contributed by atoms with E-state index in [0.717, 1.165) is 39.5 Å². The normalized spacial score (nSPS) is 23.6. The summed E-state index contributed by atoms with van der Waals surface area (Å²) >= 11 is 5.77. The number of rotatable bonds is 6. The Hall–Kier alpha value is 0.170. The van der Waals surface area contributed by atoms with Crippen LogP contribution >= 0.6 is 11.6 Å². The lowest BCUT2D eigenvalue weighted by Gasteiger charge is -2.31. The molecule has 1 aliphatic heterocycles. The smallest absolute Gasteiger partial charge is 0.0837 e. The van der Waals surface area contributed by atoms with E-state index in [1.54, 1.807) is 0 Å². The molecule has 0 amide bonds. The molecular formula is C11H22ClNO2. The fourth-order valence-electron chi connectivity index (χ4n) is 1.59. The summed E-state index contributed by atoms with van der Waals surface area (Å²) in [5.41, 5.74) is 0. The molecule has 1 heterocycles. The van der Waals surface area contributed by atoms with Crippen molar-refractivity contribution in [1.82, 2.24) is 4.90 Å². The molecule has 1 unspecified atom stereocenters. The standard InChI is InChI=1S/C11H22ClNO2/c1-10(2)9-14-5-3-13-4-6-15-11(7-12)8-13/h10-11H,3-9H2,1-2H3. The van der Waals surface area contributed by atoms with Gasteiger partial charge in [-0.2, -0.15) is 0 Å². The van der Waals surface area contributed by atoms with Crippen LogP contribution in [0.5, 0.6) is 0 Å². The molecule has 0 aromatic carbocycles. The van der Waals surface area contributed by atoms with Gasteiger partial charge >= 0.3 is 0 Å². The van der Waals surface area contributed by atoms with Crippen molar-refractivity contribution in [3.05, 3.63) is 0 Å². The van der Waals surface area contributed by atoms with E-state index in [1.807, 2.05) is 0 Å². The second-order valence-electron chi connectivity index (χ2n) is 4.42. The Morgan fingerprint density at radius 1 is 1.53 bits per heavy atom. The highest BCUT2D eigenvalue weighted by Gasteiger charge is 2.18. The Morgan fingerprint density at radius 2 is 2.33 bits per heavy atom. The van der Waals surface area contributed by atoms with Gasteiger partial charge in [0.1, 0.15) is 0 Å². The van der Waals surface area contributed by atoms with Crippen LogP contribution in [0.4, 0.5) is 0 Å². The maximum absolute atomic E-state index is 5.77. The molecule has 1 aliphatic rings. The summed E-state index contributed by atoms with van der Waals surface area (Å²) in [6, 6.07) is 0. The molecule has 1 rings (SSSR count). The van der Waals surface area contributed by atoms with Crippen LogP contribution in [-0.2, 0) is 9.47 Å². The second kappa shape index (κ2) is 7.44. The highest BCUT2D eigenvalue weighted by Crippen LogP contribution is 2.06. The van der Waals surface area contributed by atoms with E-state index in [4.69, 9.17) is 21.1 Å². The van der Waals surface area contributed by atoms with Gasteiger partial charge in [-0.15, -0.1) is 11.6 Å². The number of morpholine rings is 1. The SMILES string of the molecule is CC(C)COCCN1CCOC(CCl)C1. The molecule has 90 valence electrons. The fraction of sp³-hybridized carbons (Fsp3) is 1.00. The maximum Gasteiger partial charge on any atom is 0.0837 e. The highest BCUT2D eigenvalue weighted by molar-refractivity contribution is 6.18. The second-order valence-corrected chi connectivity index (χ2v) is 4.73. The molecular weight excluding hydrogens is 214 g/mol. The minimum absolute atomic E-state index is 0.200. The Balaban J connectivity index is 2.05. The van der Waals surface area contributed by atoms with Crippen molar-refractivity contribution in [2.45, 2.75) is 20.0 Å². The number of alkyl halides is 1. The molecule has 15 heavy (non-hydrogen) atoms. The largest absolute Gasteiger partial charge is 0.380 e. The first-order valence-electron chi connectivity index (χ1n) is 5.70.